The molecule has 0 spiro atoms. The van der Waals surface area contributed by atoms with Gasteiger partial charge in [-0.3, -0.25) is 4.99 Å². The molecule has 0 aromatic heterocycles. The van der Waals surface area contributed by atoms with Crippen LogP contribution >= 0.6 is 0 Å². The van der Waals surface area contributed by atoms with Crippen LogP contribution in [0.5, 0.6) is 5.75 Å². The maximum atomic E-state index is 13.3. The van der Waals surface area contributed by atoms with E-state index >= 15 is 0 Å². The average molecular weight is 517 g/mol. The number of halogens is 6. The molecule has 1 aliphatic rings. The van der Waals surface area contributed by atoms with Crippen LogP contribution in [-0.2, 0) is 10.9 Å². The fraction of sp³-hybridized carbons (Fsp3) is 0.423. The molecule has 0 saturated heterocycles. The van der Waals surface area contributed by atoms with Gasteiger partial charge < -0.3 is 15.2 Å². The molecule has 0 atom stereocenters. The van der Waals surface area contributed by atoms with Crippen molar-refractivity contribution >= 4 is 11.9 Å². The summed E-state index contributed by atoms with van der Waals surface area (Å²) >= 11 is 0. The van der Waals surface area contributed by atoms with E-state index in [1.807, 2.05) is 0 Å². The molecule has 0 heterocycles. The first-order valence-electron chi connectivity index (χ1n) is 11.4. The van der Waals surface area contributed by atoms with E-state index in [4.69, 9.17) is 10.5 Å². The van der Waals surface area contributed by atoms with E-state index in [0.29, 0.717) is 16.8 Å². The fourth-order valence-electron chi connectivity index (χ4n) is 3.38. The Hall–Kier alpha value is -3.17. The zero-order chi connectivity index (χ0) is 27.1. The summed E-state index contributed by atoms with van der Waals surface area (Å²) in [5.74, 6) is -0.209. The first-order valence-corrected chi connectivity index (χ1v) is 11.4. The van der Waals surface area contributed by atoms with Crippen LogP contribution in [0, 0.1) is 5.92 Å². The van der Waals surface area contributed by atoms with Crippen LogP contribution in [0.2, 0.25) is 0 Å². The highest BCUT2D eigenvalue weighted by atomic mass is 19.4. The van der Waals surface area contributed by atoms with Gasteiger partial charge in [0.2, 0.25) is 0 Å². The average Bonchev–Trinajstić information content (AvgIpc) is 2.69. The molecular weight excluding hydrogens is 486 g/mol. The van der Waals surface area contributed by atoms with Gasteiger partial charge in [0.1, 0.15) is 17.2 Å². The van der Waals surface area contributed by atoms with Gasteiger partial charge in [-0.05, 0) is 76.3 Å². The quantitative estimate of drug-likeness (QED) is 0.156. The Morgan fingerprint density at radius 3 is 2.28 bits per heavy atom. The Balaban J connectivity index is 2.60. The Bertz CT molecular complexity index is 1060. The molecule has 36 heavy (non-hydrogen) atoms. The Kier molecular flexibility index (Phi) is 9.84. The number of nitrogens with zero attached hydrogens (tertiary/aromatic N) is 1. The monoisotopic (exact) mass is 516 g/mol. The minimum absolute atomic E-state index is 0.0319. The number of nitrogens with two attached hydrogens (primary N) is 1. The maximum absolute atomic E-state index is 13.3. The number of rotatable bonds is 9. The van der Waals surface area contributed by atoms with Gasteiger partial charge in [-0.15, -0.1) is 13.2 Å². The number of ether oxygens (including phenoxy) is 2. The number of allylic oxidation sites excluding steroid dienone is 8. The van der Waals surface area contributed by atoms with Gasteiger partial charge in [-0.25, -0.2) is 0 Å². The minimum atomic E-state index is -4.84. The summed E-state index contributed by atoms with van der Waals surface area (Å²) in [6, 6.07) is 3.00. The molecular formula is C26H30F6N2O2. The van der Waals surface area contributed by atoms with Crippen LogP contribution in [0.25, 0.3) is 0 Å². The first-order chi connectivity index (χ1) is 16.7. The molecule has 0 radical (unpaired) electrons. The third-order valence-electron chi connectivity index (χ3n) is 5.27. The summed E-state index contributed by atoms with van der Waals surface area (Å²) in [5, 5.41) is 0. The highest BCUT2D eigenvalue weighted by Gasteiger charge is 2.32. The van der Waals surface area contributed by atoms with Crippen LogP contribution in [0.1, 0.15) is 52.5 Å². The SMILES string of the molecule is C\C=C/C(=C\C=C(/C)OC(F)(F)F)C(C=Nc1cc(C(F)(F)F)ccc1OC(C)C)=C(N)C1CCC1. The van der Waals surface area contributed by atoms with Crippen molar-refractivity contribution < 1.29 is 35.8 Å². The maximum Gasteiger partial charge on any atom is 0.572 e. The van der Waals surface area contributed by atoms with Gasteiger partial charge in [0.25, 0.3) is 0 Å². The zero-order valence-electron chi connectivity index (χ0n) is 20.5. The lowest BCUT2D eigenvalue weighted by Gasteiger charge is -2.27. The second-order valence-electron chi connectivity index (χ2n) is 8.55. The molecule has 0 aliphatic heterocycles. The van der Waals surface area contributed by atoms with Crippen LogP contribution in [-0.4, -0.2) is 18.7 Å². The van der Waals surface area contributed by atoms with Crippen molar-refractivity contribution in [3.8, 4) is 5.75 Å². The summed E-state index contributed by atoms with van der Waals surface area (Å²) in [5.41, 5.74) is 6.74. The standard InChI is InChI=1S/C26H30F6N2O2/c1-5-7-18(11-10-17(4)36-26(30,31)32)21(24(33)19-8-6-9-19)15-34-22-14-20(25(27,28)29)12-13-23(22)35-16(2)3/h5,7,10-16,19H,6,8-9,33H2,1-4H3/b7-5-,17-10+,18-11+,24-21?,34-15?. The number of benzene rings is 1. The second-order valence-corrected chi connectivity index (χ2v) is 8.55. The highest BCUT2D eigenvalue weighted by molar-refractivity contribution is 5.89. The Morgan fingerprint density at radius 2 is 1.78 bits per heavy atom. The van der Waals surface area contributed by atoms with E-state index < -0.39 is 23.9 Å². The topological polar surface area (TPSA) is 56.8 Å². The lowest BCUT2D eigenvalue weighted by molar-refractivity contribution is -0.305. The van der Waals surface area contributed by atoms with E-state index in [1.54, 1.807) is 32.9 Å². The molecule has 198 valence electrons. The molecule has 0 amide bonds. The molecule has 10 heteroatoms. The number of hydrogen-bond acceptors (Lipinski definition) is 4. The molecule has 2 rings (SSSR count). The van der Waals surface area contributed by atoms with Crippen LogP contribution in [0.3, 0.4) is 0 Å². The summed E-state index contributed by atoms with van der Waals surface area (Å²) in [4.78, 5) is 4.29. The molecule has 1 aromatic rings. The van der Waals surface area contributed by atoms with Crippen LogP contribution in [0.15, 0.2) is 70.1 Å². The zero-order valence-corrected chi connectivity index (χ0v) is 20.5. The molecule has 1 aliphatic carbocycles. The Morgan fingerprint density at radius 1 is 1.11 bits per heavy atom. The molecule has 0 bridgehead atoms. The van der Waals surface area contributed by atoms with E-state index in [9.17, 15) is 26.3 Å². The lowest BCUT2D eigenvalue weighted by atomic mass is 9.80. The van der Waals surface area contributed by atoms with Gasteiger partial charge in [-0.1, -0.05) is 24.6 Å². The molecule has 1 saturated carbocycles. The molecule has 2 N–H and O–H groups in total. The van der Waals surface area contributed by atoms with Crippen molar-refractivity contribution in [2.45, 2.75) is 65.6 Å². The number of hydrogen-bond donors (Lipinski definition) is 1. The lowest BCUT2D eigenvalue weighted by Crippen LogP contribution is -2.22. The predicted molar refractivity (Wildman–Crippen MR) is 128 cm³/mol. The number of alkyl halides is 6. The number of aliphatic imine (C=N–C) groups is 1. The van der Waals surface area contributed by atoms with Crippen molar-refractivity contribution in [2.24, 2.45) is 16.6 Å². The molecule has 4 nitrogen and oxygen atoms in total. The van der Waals surface area contributed by atoms with Gasteiger partial charge in [0.15, 0.2) is 0 Å². The van der Waals surface area contributed by atoms with Crippen molar-refractivity contribution in [3.05, 3.63) is 70.7 Å². The smallest absolute Gasteiger partial charge is 0.489 e. The van der Waals surface area contributed by atoms with Crippen LogP contribution < -0.4 is 10.5 Å². The second kappa shape index (κ2) is 12.2. The third kappa shape index (κ3) is 8.80. The summed E-state index contributed by atoms with van der Waals surface area (Å²) in [6.45, 7) is 6.33. The van der Waals surface area contributed by atoms with Crippen molar-refractivity contribution in [1.29, 1.82) is 0 Å². The van der Waals surface area contributed by atoms with Gasteiger partial charge in [0.05, 0.1) is 11.7 Å². The summed E-state index contributed by atoms with van der Waals surface area (Å²) in [7, 11) is 0. The van der Waals surface area contributed by atoms with E-state index in [-0.39, 0.29) is 23.5 Å². The van der Waals surface area contributed by atoms with Crippen molar-refractivity contribution in [1.82, 2.24) is 0 Å². The van der Waals surface area contributed by atoms with E-state index in [2.05, 4.69) is 9.73 Å². The molecule has 1 fully saturated rings. The van der Waals surface area contributed by atoms with E-state index in [1.165, 1.54) is 18.4 Å². The minimum Gasteiger partial charge on any atom is -0.489 e. The Labute approximate surface area is 206 Å². The summed E-state index contributed by atoms with van der Waals surface area (Å²) in [6.07, 6.45) is 0.0399. The molecule has 1 aromatic carbocycles. The van der Waals surface area contributed by atoms with Gasteiger partial charge >= 0.3 is 12.5 Å². The summed E-state index contributed by atoms with van der Waals surface area (Å²) < 4.78 is 87.1. The van der Waals surface area contributed by atoms with Crippen molar-refractivity contribution in [2.75, 3.05) is 0 Å². The van der Waals surface area contributed by atoms with E-state index in [0.717, 1.165) is 44.4 Å². The van der Waals surface area contributed by atoms with Crippen molar-refractivity contribution in [3.63, 3.8) is 0 Å². The van der Waals surface area contributed by atoms with Gasteiger partial charge in [-0.2, -0.15) is 13.2 Å². The predicted octanol–water partition coefficient (Wildman–Crippen LogP) is 8.15. The van der Waals surface area contributed by atoms with Crippen LogP contribution in [0.4, 0.5) is 32.0 Å². The fourth-order valence-corrected chi connectivity index (χ4v) is 3.38. The third-order valence-corrected chi connectivity index (χ3v) is 5.27. The largest absolute Gasteiger partial charge is 0.572 e. The normalized spacial score (nSPS) is 17.1. The van der Waals surface area contributed by atoms with Gasteiger partial charge in [0, 0.05) is 17.5 Å². The molecule has 0 unspecified atom stereocenters. The first kappa shape index (κ1) is 29.1. The highest BCUT2D eigenvalue weighted by Crippen LogP contribution is 2.38.